The van der Waals surface area contributed by atoms with Crippen LogP contribution in [0.5, 0.6) is 0 Å². The third-order valence-electron chi connectivity index (χ3n) is 11.4. The highest BCUT2D eigenvalue weighted by atomic mass is 14.2. The van der Waals surface area contributed by atoms with Gasteiger partial charge in [0.25, 0.3) is 0 Å². The minimum absolute atomic E-state index is 1.22. The van der Waals surface area contributed by atoms with E-state index >= 15 is 0 Å². The summed E-state index contributed by atoms with van der Waals surface area (Å²) in [7, 11) is 0. The topological polar surface area (TPSA) is 0 Å². The van der Waals surface area contributed by atoms with Gasteiger partial charge in [0.2, 0.25) is 0 Å². The molecule has 54 heavy (non-hydrogen) atoms. The Hall–Kier alpha value is -7.02. The molecule has 0 aromatic heterocycles. The van der Waals surface area contributed by atoms with Crippen molar-refractivity contribution in [3.8, 4) is 44.5 Å². The molecule has 0 fully saturated rings. The van der Waals surface area contributed by atoms with Gasteiger partial charge in [0.15, 0.2) is 0 Å². The van der Waals surface area contributed by atoms with E-state index in [1.165, 1.54) is 109 Å². The SMILES string of the molecule is c1ccc(-c2ccc3c4ccccc4c4cc5c(cc4c3c2-c2ccccc2)c2ccccc2c2ccc(-c3ccccc3)c(-c3ccccc3)c25)cc1. The van der Waals surface area contributed by atoms with Crippen LogP contribution in [0.2, 0.25) is 0 Å². The second-order valence-corrected chi connectivity index (χ2v) is 14.3. The van der Waals surface area contributed by atoms with Crippen molar-refractivity contribution in [2.45, 2.75) is 0 Å². The Bertz CT molecular complexity index is 2990. The normalized spacial score (nSPS) is 11.7. The van der Waals surface area contributed by atoms with Crippen molar-refractivity contribution in [1.29, 1.82) is 0 Å². The molecule has 0 spiro atoms. The standard InChI is InChI=1S/C54H34/c1-5-17-35(18-6-1)39-29-31-45-41-25-13-15-27-43(41)47-34-50-48(33-49(47)53(45)51(39)37-21-9-3-10-22-37)44-28-16-14-26-42(44)46-32-30-40(36-19-7-2-8-20-36)52(54(46)50)38-23-11-4-12-24-38/h1-34H. The highest BCUT2D eigenvalue weighted by Crippen LogP contribution is 2.49. The molecule has 0 radical (unpaired) electrons. The fourth-order valence-electron chi connectivity index (χ4n) is 9.10. The van der Waals surface area contributed by atoms with Crippen LogP contribution in [-0.2, 0) is 0 Å². The fourth-order valence-corrected chi connectivity index (χ4v) is 9.10. The van der Waals surface area contributed by atoms with Crippen LogP contribution in [0, 0.1) is 0 Å². The highest BCUT2D eigenvalue weighted by Gasteiger charge is 2.21. The van der Waals surface area contributed by atoms with Gasteiger partial charge >= 0.3 is 0 Å². The molecule has 0 aliphatic rings. The summed E-state index contributed by atoms with van der Waals surface area (Å²) >= 11 is 0. The predicted octanol–water partition coefficient (Wildman–Crippen LogP) is 15.3. The minimum atomic E-state index is 1.22. The molecule has 0 saturated carbocycles. The zero-order chi connectivity index (χ0) is 35.6. The third kappa shape index (κ3) is 4.64. The molecule has 11 rings (SSSR count). The summed E-state index contributed by atoms with van der Waals surface area (Å²) in [5.74, 6) is 0. The summed E-state index contributed by atoms with van der Waals surface area (Å²) in [6, 6.07) is 76.1. The summed E-state index contributed by atoms with van der Waals surface area (Å²) in [4.78, 5) is 0. The summed E-state index contributed by atoms with van der Waals surface area (Å²) in [5, 5.41) is 15.3. The van der Waals surface area contributed by atoms with Crippen molar-refractivity contribution in [3.05, 3.63) is 206 Å². The number of fused-ring (bicyclic) bond motifs is 12. The first kappa shape index (κ1) is 30.6. The quantitative estimate of drug-likeness (QED) is 0.128. The van der Waals surface area contributed by atoms with E-state index in [9.17, 15) is 0 Å². The molecule has 0 aliphatic carbocycles. The lowest BCUT2D eigenvalue weighted by molar-refractivity contribution is 1.62. The number of rotatable bonds is 4. The number of hydrogen-bond donors (Lipinski definition) is 0. The van der Waals surface area contributed by atoms with E-state index in [0.717, 1.165) is 0 Å². The van der Waals surface area contributed by atoms with Gasteiger partial charge in [-0.15, -0.1) is 0 Å². The van der Waals surface area contributed by atoms with Gasteiger partial charge in [-0.2, -0.15) is 0 Å². The number of hydrogen-bond acceptors (Lipinski definition) is 0. The van der Waals surface area contributed by atoms with Crippen molar-refractivity contribution in [2.24, 2.45) is 0 Å². The molecule has 0 nitrogen and oxygen atoms in total. The molecule has 0 N–H and O–H groups in total. The first-order valence-corrected chi connectivity index (χ1v) is 18.8. The van der Waals surface area contributed by atoms with E-state index in [-0.39, 0.29) is 0 Å². The third-order valence-corrected chi connectivity index (χ3v) is 11.4. The molecule has 0 saturated heterocycles. The molecule has 0 heteroatoms. The lowest BCUT2D eigenvalue weighted by Gasteiger charge is -2.21. The van der Waals surface area contributed by atoms with Crippen LogP contribution in [0.15, 0.2) is 206 Å². The summed E-state index contributed by atoms with van der Waals surface area (Å²) in [6.07, 6.45) is 0. The second kappa shape index (κ2) is 12.3. The molecule has 11 aromatic rings. The van der Waals surface area contributed by atoms with E-state index in [2.05, 4.69) is 206 Å². The molecule has 11 aromatic carbocycles. The van der Waals surface area contributed by atoms with E-state index in [4.69, 9.17) is 0 Å². The Balaban J connectivity index is 1.41. The second-order valence-electron chi connectivity index (χ2n) is 14.3. The van der Waals surface area contributed by atoms with Crippen molar-refractivity contribution in [3.63, 3.8) is 0 Å². The van der Waals surface area contributed by atoms with Gasteiger partial charge in [0, 0.05) is 0 Å². The van der Waals surface area contributed by atoms with Crippen LogP contribution < -0.4 is 0 Å². The average molecular weight is 683 g/mol. The van der Waals surface area contributed by atoms with Crippen molar-refractivity contribution in [1.82, 2.24) is 0 Å². The first-order chi connectivity index (χ1) is 26.8. The van der Waals surface area contributed by atoms with Gasteiger partial charge in [0.05, 0.1) is 0 Å². The Kier molecular flexibility index (Phi) is 6.97. The van der Waals surface area contributed by atoms with E-state index in [1.54, 1.807) is 0 Å². The van der Waals surface area contributed by atoms with Crippen molar-refractivity contribution >= 4 is 64.6 Å². The maximum absolute atomic E-state index is 2.52. The van der Waals surface area contributed by atoms with Gasteiger partial charge in [0.1, 0.15) is 0 Å². The largest absolute Gasteiger partial charge is 0.0622 e. The molecule has 0 amide bonds. The molecule has 0 unspecified atom stereocenters. The maximum atomic E-state index is 2.52. The summed E-state index contributed by atoms with van der Waals surface area (Å²) in [5.41, 5.74) is 9.92. The Morgan fingerprint density at radius 3 is 0.833 bits per heavy atom. The Labute approximate surface area is 314 Å². The van der Waals surface area contributed by atoms with E-state index < -0.39 is 0 Å². The van der Waals surface area contributed by atoms with Gasteiger partial charge in [-0.05, 0) is 121 Å². The smallest absolute Gasteiger partial charge is 0.00139 e. The first-order valence-electron chi connectivity index (χ1n) is 18.8. The van der Waals surface area contributed by atoms with E-state index in [0.29, 0.717) is 0 Å². The molecule has 0 heterocycles. The zero-order valence-corrected chi connectivity index (χ0v) is 29.6. The van der Waals surface area contributed by atoms with Crippen LogP contribution in [0.25, 0.3) is 109 Å². The molecular formula is C54H34. The highest BCUT2D eigenvalue weighted by molar-refractivity contribution is 6.36. The van der Waals surface area contributed by atoms with Gasteiger partial charge < -0.3 is 0 Å². The predicted molar refractivity (Wildman–Crippen MR) is 233 cm³/mol. The molecule has 0 atom stereocenters. The van der Waals surface area contributed by atoms with Crippen LogP contribution in [0.3, 0.4) is 0 Å². The van der Waals surface area contributed by atoms with Crippen molar-refractivity contribution in [2.75, 3.05) is 0 Å². The van der Waals surface area contributed by atoms with Crippen LogP contribution in [0.1, 0.15) is 0 Å². The average Bonchev–Trinajstić information content (AvgIpc) is 3.26. The van der Waals surface area contributed by atoms with E-state index in [1.807, 2.05) is 0 Å². The molecule has 0 aliphatic heterocycles. The molecule has 250 valence electrons. The number of benzene rings is 11. The van der Waals surface area contributed by atoms with Gasteiger partial charge in [-0.25, -0.2) is 0 Å². The maximum Gasteiger partial charge on any atom is -0.00139 e. The van der Waals surface area contributed by atoms with Gasteiger partial charge in [-0.1, -0.05) is 194 Å². The molecular weight excluding hydrogens is 649 g/mol. The lowest BCUT2D eigenvalue weighted by atomic mass is 9.82. The monoisotopic (exact) mass is 682 g/mol. The van der Waals surface area contributed by atoms with Gasteiger partial charge in [-0.3, -0.25) is 0 Å². The van der Waals surface area contributed by atoms with Crippen LogP contribution in [-0.4, -0.2) is 0 Å². The minimum Gasteiger partial charge on any atom is -0.0622 e. The fraction of sp³-hybridized carbons (Fsp3) is 0. The van der Waals surface area contributed by atoms with Crippen LogP contribution >= 0.6 is 0 Å². The van der Waals surface area contributed by atoms with Crippen molar-refractivity contribution < 1.29 is 0 Å². The van der Waals surface area contributed by atoms with Crippen LogP contribution in [0.4, 0.5) is 0 Å². The molecule has 0 bridgehead atoms. The summed E-state index contributed by atoms with van der Waals surface area (Å²) < 4.78 is 0. The Morgan fingerprint density at radius 1 is 0.185 bits per heavy atom. The lowest BCUT2D eigenvalue weighted by Crippen LogP contribution is -1.94. The zero-order valence-electron chi connectivity index (χ0n) is 29.6. The Morgan fingerprint density at radius 2 is 0.481 bits per heavy atom. The summed E-state index contributed by atoms with van der Waals surface area (Å²) in [6.45, 7) is 0.